The number of hydrogen-bond acceptors (Lipinski definition) is 7. The highest BCUT2D eigenvalue weighted by molar-refractivity contribution is 7.89. The maximum atomic E-state index is 12.7. The Morgan fingerprint density at radius 1 is 1.46 bits per heavy atom. The Balaban J connectivity index is 1.83. The van der Waals surface area contributed by atoms with E-state index < -0.39 is 15.6 Å². The molecular weight excluding hydrogens is 334 g/mol. The van der Waals surface area contributed by atoms with Crippen molar-refractivity contribution in [1.82, 2.24) is 24.2 Å². The first-order valence-electron chi connectivity index (χ1n) is 7.86. The second-order valence-electron chi connectivity index (χ2n) is 6.24. The first kappa shape index (κ1) is 17.1. The van der Waals surface area contributed by atoms with Crippen LogP contribution in [0.15, 0.2) is 21.8 Å². The predicted octanol–water partition coefficient (Wildman–Crippen LogP) is 0.692. The third-order valence-corrected chi connectivity index (χ3v) is 5.94. The van der Waals surface area contributed by atoms with E-state index >= 15 is 0 Å². The van der Waals surface area contributed by atoms with Crippen LogP contribution in [0, 0.1) is 0 Å². The molecule has 3 heterocycles. The number of nitrogens with zero attached hydrogens (tertiary/aromatic N) is 5. The Morgan fingerprint density at radius 2 is 2.21 bits per heavy atom. The highest BCUT2D eigenvalue weighted by Crippen LogP contribution is 2.34. The highest BCUT2D eigenvalue weighted by atomic mass is 32.2. The van der Waals surface area contributed by atoms with Gasteiger partial charge in [-0.3, -0.25) is 4.68 Å². The molecular formula is C14H21N5O4S. The van der Waals surface area contributed by atoms with E-state index in [1.54, 1.807) is 4.68 Å². The Hall–Kier alpha value is -1.78. The summed E-state index contributed by atoms with van der Waals surface area (Å²) in [6.45, 7) is 5.76. The van der Waals surface area contributed by atoms with Crippen molar-refractivity contribution in [2.45, 2.75) is 50.2 Å². The zero-order valence-electron chi connectivity index (χ0n) is 13.9. The van der Waals surface area contributed by atoms with E-state index in [9.17, 15) is 13.5 Å². The maximum absolute atomic E-state index is 12.7. The smallest absolute Gasteiger partial charge is 0.260 e. The van der Waals surface area contributed by atoms with Crippen molar-refractivity contribution in [3.05, 3.63) is 24.1 Å². The van der Waals surface area contributed by atoms with Crippen molar-refractivity contribution in [2.75, 3.05) is 13.1 Å². The lowest BCUT2D eigenvalue weighted by Gasteiger charge is -2.19. The molecule has 0 unspecified atom stereocenters. The number of aromatic nitrogens is 4. The first-order valence-corrected chi connectivity index (χ1v) is 9.30. The number of aryl methyl sites for hydroxylation is 1. The molecule has 2 aromatic rings. The standard InChI is InChI=1S/C14H21N5O4S/c1-4-12-16-13(23-17-12)14(20)5-6-18(9-14)24(21,22)11-7-15-19(8-11)10(2)3/h7-8,10,20H,4-6,9H2,1-3H3/t14-/m0/s1. The Labute approximate surface area is 140 Å². The molecule has 0 spiro atoms. The quantitative estimate of drug-likeness (QED) is 0.839. The van der Waals surface area contributed by atoms with Crippen molar-refractivity contribution >= 4 is 10.0 Å². The van der Waals surface area contributed by atoms with E-state index in [0.29, 0.717) is 12.2 Å². The van der Waals surface area contributed by atoms with Crippen LogP contribution in [0.2, 0.25) is 0 Å². The van der Waals surface area contributed by atoms with Crippen molar-refractivity contribution in [1.29, 1.82) is 0 Å². The zero-order chi connectivity index (χ0) is 17.5. The number of hydrogen-bond donors (Lipinski definition) is 1. The molecule has 3 rings (SSSR count). The minimum absolute atomic E-state index is 0.0647. The molecule has 0 radical (unpaired) electrons. The van der Waals surface area contributed by atoms with Crippen molar-refractivity contribution in [2.24, 2.45) is 0 Å². The molecule has 1 aliphatic rings. The molecule has 0 amide bonds. The van der Waals surface area contributed by atoms with Gasteiger partial charge in [-0.05, 0) is 13.8 Å². The summed E-state index contributed by atoms with van der Waals surface area (Å²) in [7, 11) is -3.73. The summed E-state index contributed by atoms with van der Waals surface area (Å²) in [6, 6.07) is 0.0651. The van der Waals surface area contributed by atoms with Gasteiger partial charge in [-0.1, -0.05) is 12.1 Å². The van der Waals surface area contributed by atoms with Gasteiger partial charge in [-0.25, -0.2) is 8.42 Å². The monoisotopic (exact) mass is 355 g/mol. The van der Waals surface area contributed by atoms with Crippen LogP contribution in [0.1, 0.15) is 44.9 Å². The highest BCUT2D eigenvalue weighted by Gasteiger charge is 2.47. The minimum Gasteiger partial charge on any atom is -0.379 e. The summed E-state index contributed by atoms with van der Waals surface area (Å²) >= 11 is 0. The van der Waals surface area contributed by atoms with Crippen LogP contribution in [0.25, 0.3) is 0 Å². The van der Waals surface area contributed by atoms with Crippen LogP contribution < -0.4 is 0 Å². The van der Waals surface area contributed by atoms with Crippen molar-refractivity contribution in [3.63, 3.8) is 0 Å². The van der Waals surface area contributed by atoms with Crippen molar-refractivity contribution < 1.29 is 18.0 Å². The summed E-state index contributed by atoms with van der Waals surface area (Å²) in [5.41, 5.74) is -1.46. The average Bonchev–Trinajstić information content (AvgIpc) is 3.26. The molecule has 2 aromatic heterocycles. The lowest BCUT2D eigenvalue weighted by atomic mass is 10.0. The molecule has 24 heavy (non-hydrogen) atoms. The second kappa shape index (κ2) is 5.94. The third kappa shape index (κ3) is 2.85. The summed E-state index contributed by atoms with van der Waals surface area (Å²) in [5, 5.41) is 18.6. The van der Waals surface area contributed by atoms with Gasteiger partial charge >= 0.3 is 0 Å². The van der Waals surface area contributed by atoms with Gasteiger partial charge in [-0.15, -0.1) is 0 Å². The molecule has 1 atom stereocenters. The molecule has 1 N–H and O–H groups in total. The zero-order valence-corrected chi connectivity index (χ0v) is 14.7. The average molecular weight is 355 g/mol. The molecule has 1 aliphatic heterocycles. The third-order valence-electron chi connectivity index (χ3n) is 4.14. The topological polar surface area (TPSA) is 114 Å². The molecule has 9 nitrogen and oxygen atoms in total. The van der Waals surface area contributed by atoms with Gasteiger partial charge in [0.1, 0.15) is 4.90 Å². The summed E-state index contributed by atoms with van der Waals surface area (Å²) in [4.78, 5) is 4.24. The van der Waals surface area contributed by atoms with Crippen LogP contribution >= 0.6 is 0 Å². The van der Waals surface area contributed by atoms with E-state index in [1.165, 1.54) is 16.7 Å². The normalized spacial score (nSPS) is 22.5. The van der Waals surface area contributed by atoms with E-state index in [4.69, 9.17) is 4.52 Å². The van der Waals surface area contributed by atoms with Crippen LogP contribution in [0.3, 0.4) is 0 Å². The molecule has 0 aliphatic carbocycles. The fourth-order valence-corrected chi connectivity index (χ4v) is 4.05. The van der Waals surface area contributed by atoms with Gasteiger partial charge in [0.15, 0.2) is 11.4 Å². The van der Waals surface area contributed by atoms with Crippen LogP contribution in [0.5, 0.6) is 0 Å². The van der Waals surface area contributed by atoms with Gasteiger partial charge in [0.2, 0.25) is 10.0 Å². The molecule has 0 saturated carbocycles. The van der Waals surface area contributed by atoms with E-state index in [2.05, 4.69) is 15.2 Å². The largest absolute Gasteiger partial charge is 0.379 e. The number of rotatable bonds is 5. The number of sulfonamides is 1. The molecule has 0 aromatic carbocycles. The first-order chi connectivity index (χ1) is 11.3. The molecule has 1 fully saturated rings. The van der Waals surface area contributed by atoms with E-state index in [0.717, 1.165) is 0 Å². The summed E-state index contributed by atoms with van der Waals surface area (Å²) in [5.74, 6) is 0.549. The van der Waals surface area contributed by atoms with E-state index in [-0.39, 0.29) is 36.3 Å². The summed E-state index contributed by atoms with van der Waals surface area (Å²) < 4.78 is 33.4. The Bertz CT molecular complexity index is 828. The molecule has 1 saturated heterocycles. The van der Waals surface area contributed by atoms with E-state index in [1.807, 2.05) is 20.8 Å². The van der Waals surface area contributed by atoms with Gasteiger partial charge in [0, 0.05) is 31.6 Å². The Morgan fingerprint density at radius 3 is 2.79 bits per heavy atom. The fraction of sp³-hybridized carbons (Fsp3) is 0.643. The van der Waals surface area contributed by atoms with Crippen molar-refractivity contribution in [3.8, 4) is 0 Å². The van der Waals surface area contributed by atoms with Gasteiger partial charge in [0.25, 0.3) is 5.89 Å². The second-order valence-corrected chi connectivity index (χ2v) is 8.18. The van der Waals surface area contributed by atoms with Crippen LogP contribution in [-0.4, -0.2) is 50.8 Å². The van der Waals surface area contributed by atoms with Gasteiger partial charge < -0.3 is 9.63 Å². The molecule has 10 heteroatoms. The lowest BCUT2D eigenvalue weighted by molar-refractivity contribution is 0.0194. The van der Waals surface area contributed by atoms with Gasteiger partial charge in [0.05, 0.1) is 12.7 Å². The van der Waals surface area contributed by atoms with Crippen LogP contribution in [0.4, 0.5) is 0 Å². The number of aliphatic hydroxyl groups is 1. The summed E-state index contributed by atoms with van der Waals surface area (Å²) in [6.07, 6.45) is 3.61. The lowest BCUT2D eigenvalue weighted by Crippen LogP contribution is -2.34. The minimum atomic E-state index is -3.73. The molecule has 132 valence electrons. The SMILES string of the molecule is CCc1noc([C@]2(O)CCN(S(=O)(=O)c3cnn(C(C)C)c3)C2)n1. The predicted molar refractivity (Wildman–Crippen MR) is 83.6 cm³/mol. The van der Waals surface area contributed by atoms with Gasteiger partial charge in [-0.2, -0.15) is 14.4 Å². The Kier molecular flexibility index (Phi) is 4.22. The maximum Gasteiger partial charge on any atom is 0.260 e. The van der Waals surface area contributed by atoms with Crippen LogP contribution in [-0.2, 0) is 22.0 Å². The fourth-order valence-electron chi connectivity index (χ4n) is 2.61. The number of β-amino-alcohol motifs (C(OH)–C–C–N with tert-alkyl or cyclic N) is 1. The molecule has 0 bridgehead atoms.